The lowest BCUT2D eigenvalue weighted by Crippen LogP contribution is -2.27. The Morgan fingerprint density at radius 3 is 2.19 bits per heavy atom. The Bertz CT molecular complexity index is 1190. The number of hydrogen-bond donors (Lipinski definition) is 0. The van der Waals surface area contributed by atoms with Crippen LogP contribution in [-0.4, -0.2) is 44.3 Å². The third-order valence-electron chi connectivity index (χ3n) is 5.75. The molecule has 0 fully saturated rings. The summed E-state index contributed by atoms with van der Waals surface area (Å²) in [5.41, 5.74) is 4.37. The van der Waals surface area contributed by atoms with Crippen LogP contribution < -0.4 is 0 Å². The fourth-order valence-electron chi connectivity index (χ4n) is 4.04. The van der Waals surface area contributed by atoms with Crippen molar-refractivity contribution in [3.63, 3.8) is 0 Å². The van der Waals surface area contributed by atoms with Gasteiger partial charge in [-0.15, -0.1) is 24.8 Å². The van der Waals surface area contributed by atoms with Crippen LogP contribution in [0, 0.1) is 0 Å². The molecule has 4 aromatic rings. The second-order valence-electron chi connectivity index (χ2n) is 7.40. The lowest BCUT2D eigenvalue weighted by Gasteiger charge is -2.18. The van der Waals surface area contributed by atoms with E-state index in [1.54, 1.807) is 0 Å². The van der Waals surface area contributed by atoms with Crippen molar-refractivity contribution in [1.82, 2.24) is 18.9 Å². The van der Waals surface area contributed by atoms with E-state index >= 15 is 0 Å². The van der Waals surface area contributed by atoms with Gasteiger partial charge in [0.15, 0.2) is 5.78 Å². The van der Waals surface area contributed by atoms with Gasteiger partial charge >= 0.3 is 0 Å². The standard InChI is InChI=1S/C24H27ClN4O.2ClH/c1-4-21(30)23-22(17-11-13-18(25)14-12-17)26-24-28(16-15-27(5-2)6-3)19-9-7-8-10-20(19)29(23)24;;/h7-14H,4-6,15-16H2,1-3H3;2*1H. The highest BCUT2D eigenvalue weighted by molar-refractivity contribution is 6.30. The second kappa shape index (κ2) is 11.2. The van der Waals surface area contributed by atoms with Crippen LogP contribution in [0.4, 0.5) is 0 Å². The normalized spacial score (nSPS) is 11.0. The van der Waals surface area contributed by atoms with Gasteiger partial charge in [0.25, 0.3) is 0 Å². The van der Waals surface area contributed by atoms with E-state index in [0.717, 1.165) is 54.2 Å². The summed E-state index contributed by atoms with van der Waals surface area (Å²) in [6, 6.07) is 15.8. The minimum Gasteiger partial charge on any atom is -0.308 e. The van der Waals surface area contributed by atoms with Crippen LogP contribution in [0.5, 0.6) is 0 Å². The summed E-state index contributed by atoms with van der Waals surface area (Å²) in [4.78, 5) is 20.4. The number of hydrogen-bond acceptors (Lipinski definition) is 3. The minimum absolute atomic E-state index is 0. The number of benzene rings is 2. The van der Waals surface area contributed by atoms with Crippen molar-refractivity contribution < 1.29 is 4.79 Å². The van der Waals surface area contributed by atoms with Crippen molar-refractivity contribution in [2.45, 2.75) is 33.7 Å². The van der Waals surface area contributed by atoms with Gasteiger partial charge in [-0.1, -0.05) is 56.6 Å². The van der Waals surface area contributed by atoms with E-state index in [0.29, 0.717) is 17.1 Å². The number of halogens is 3. The molecule has 5 nitrogen and oxygen atoms in total. The van der Waals surface area contributed by atoms with Crippen LogP contribution in [0.2, 0.25) is 5.02 Å². The lowest BCUT2D eigenvalue weighted by atomic mass is 10.1. The SMILES string of the molecule is CCC(=O)c1c(-c2ccc(Cl)cc2)nc2n(CCN(CC)CC)c3ccccc3n12.Cl.Cl. The molecule has 0 N–H and O–H groups in total. The molecule has 0 saturated heterocycles. The number of imidazole rings is 2. The molecule has 0 aliphatic carbocycles. The largest absolute Gasteiger partial charge is 0.308 e. The molecule has 2 heterocycles. The van der Waals surface area contributed by atoms with Crippen LogP contribution in [0.15, 0.2) is 48.5 Å². The van der Waals surface area contributed by atoms with Crippen LogP contribution in [0.1, 0.15) is 37.7 Å². The third-order valence-corrected chi connectivity index (χ3v) is 6.00. The summed E-state index contributed by atoms with van der Waals surface area (Å²) < 4.78 is 4.27. The number of para-hydroxylation sites is 2. The molecule has 0 saturated carbocycles. The summed E-state index contributed by atoms with van der Waals surface area (Å²) in [6.07, 6.45) is 0.424. The topological polar surface area (TPSA) is 42.5 Å². The van der Waals surface area contributed by atoms with Gasteiger partial charge in [-0.25, -0.2) is 4.98 Å². The van der Waals surface area contributed by atoms with E-state index in [2.05, 4.69) is 35.4 Å². The number of likely N-dealkylation sites (N-methyl/N-ethyl adjacent to an activating group) is 1. The maximum absolute atomic E-state index is 13.1. The van der Waals surface area contributed by atoms with Crippen molar-refractivity contribution in [3.8, 4) is 11.3 Å². The number of Topliss-reactive ketones (excluding diaryl/α,β-unsaturated/α-hetero) is 1. The molecule has 0 radical (unpaired) electrons. The Kier molecular flexibility index (Phi) is 9.17. The molecular formula is C24H29Cl3N4O. The first kappa shape index (κ1) is 26.2. The van der Waals surface area contributed by atoms with Crippen molar-refractivity contribution in [2.24, 2.45) is 0 Å². The molecule has 32 heavy (non-hydrogen) atoms. The molecule has 172 valence electrons. The molecule has 0 bridgehead atoms. The smallest absolute Gasteiger partial charge is 0.216 e. The van der Waals surface area contributed by atoms with Gasteiger partial charge in [-0.2, -0.15) is 0 Å². The molecule has 2 aromatic carbocycles. The molecular weight excluding hydrogens is 467 g/mol. The third kappa shape index (κ3) is 4.67. The van der Waals surface area contributed by atoms with Crippen molar-refractivity contribution in [1.29, 1.82) is 0 Å². The molecule has 0 atom stereocenters. The van der Waals surface area contributed by atoms with Crippen LogP contribution >= 0.6 is 36.4 Å². The Morgan fingerprint density at radius 1 is 0.969 bits per heavy atom. The van der Waals surface area contributed by atoms with Crippen LogP contribution in [0.25, 0.3) is 28.1 Å². The molecule has 0 unspecified atom stereocenters. The molecule has 8 heteroatoms. The zero-order valence-corrected chi connectivity index (χ0v) is 20.9. The van der Waals surface area contributed by atoms with Gasteiger partial charge in [-0.3, -0.25) is 9.20 Å². The molecule has 0 aliphatic heterocycles. The van der Waals surface area contributed by atoms with E-state index in [9.17, 15) is 4.79 Å². The Morgan fingerprint density at radius 2 is 1.59 bits per heavy atom. The summed E-state index contributed by atoms with van der Waals surface area (Å²) in [5.74, 6) is 0.893. The molecule has 2 aromatic heterocycles. The predicted octanol–water partition coefficient (Wildman–Crippen LogP) is 6.39. The number of carbonyl (C=O) groups excluding carboxylic acids is 1. The van der Waals surface area contributed by atoms with Gasteiger partial charge in [0.05, 0.1) is 11.0 Å². The van der Waals surface area contributed by atoms with Crippen LogP contribution in [0.3, 0.4) is 0 Å². The van der Waals surface area contributed by atoms with Gasteiger partial charge in [0, 0.05) is 30.1 Å². The van der Waals surface area contributed by atoms with Crippen molar-refractivity contribution in [3.05, 3.63) is 59.2 Å². The first-order chi connectivity index (χ1) is 14.6. The molecule has 0 aliphatic rings. The highest BCUT2D eigenvalue weighted by atomic mass is 35.5. The zero-order chi connectivity index (χ0) is 21.3. The monoisotopic (exact) mass is 494 g/mol. The molecule has 0 spiro atoms. The van der Waals surface area contributed by atoms with E-state index in [-0.39, 0.29) is 30.6 Å². The predicted molar refractivity (Wildman–Crippen MR) is 138 cm³/mol. The summed E-state index contributed by atoms with van der Waals surface area (Å²) >= 11 is 6.09. The minimum atomic E-state index is 0. The Labute approximate surface area is 206 Å². The number of carbonyl (C=O) groups is 1. The maximum atomic E-state index is 13.1. The van der Waals surface area contributed by atoms with Crippen LogP contribution in [-0.2, 0) is 6.54 Å². The highest BCUT2D eigenvalue weighted by Gasteiger charge is 2.24. The van der Waals surface area contributed by atoms with Crippen molar-refractivity contribution in [2.75, 3.05) is 19.6 Å². The molecule has 0 amide bonds. The summed E-state index contributed by atoms with van der Waals surface area (Å²) in [5, 5.41) is 0.667. The van der Waals surface area contributed by atoms with Crippen molar-refractivity contribution >= 4 is 59.0 Å². The average Bonchev–Trinajstić information content (AvgIpc) is 3.30. The van der Waals surface area contributed by atoms with Gasteiger partial charge in [0.1, 0.15) is 11.4 Å². The second-order valence-corrected chi connectivity index (χ2v) is 7.83. The number of aromatic nitrogens is 3. The van der Waals surface area contributed by atoms with E-state index < -0.39 is 0 Å². The van der Waals surface area contributed by atoms with Gasteiger partial charge < -0.3 is 9.47 Å². The highest BCUT2D eigenvalue weighted by Crippen LogP contribution is 2.31. The number of rotatable bonds is 8. The maximum Gasteiger partial charge on any atom is 0.216 e. The lowest BCUT2D eigenvalue weighted by molar-refractivity contribution is 0.0983. The first-order valence-electron chi connectivity index (χ1n) is 10.6. The fourth-order valence-corrected chi connectivity index (χ4v) is 4.17. The summed E-state index contributed by atoms with van der Waals surface area (Å²) in [7, 11) is 0. The number of fused-ring (bicyclic) bond motifs is 3. The number of ketones is 1. The first-order valence-corrected chi connectivity index (χ1v) is 11.0. The fraction of sp³-hybridized carbons (Fsp3) is 0.333. The Hall–Kier alpha value is -2.05. The van der Waals surface area contributed by atoms with Gasteiger partial charge in [-0.05, 0) is 37.4 Å². The Balaban J connectivity index is 0.00000181. The number of nitrogens with zero attached hydrogens (tertiary/aromatic N) is 4. The average molecular weight is 496 g/mol. The van der Waals surface area contributed by atoms with E-state index in [1.165, 1.54) is 0 Å². The van der Waals surface area contributed by atoms with E-state index in [4.69, 9.17) is 16.6 Å². The van der Waals surface area contributed by atoms with Gasteiger partial charge in [0.2, 0.25) is 5.78 Å². The quantitative estimate of drug-likeness (QED) is 0.266. The zero-order valence-electron chi connectivity index (χ0n) is 18.5. The summed E-state index contributed by atoms with van der Waals surface area (Å²) in [6.45, 7) is 10.0. The molecule has 4 rings (SSSR count). The van der Waals surface area contributed by atoms with E-state index in [1.807, 2.05) is 47.7 Å².